The third kappa shape index (κ3) is 2.97. The van der Waals surface area contributed by atoms with Gasteiger partial charge in [-0.1, -0.05) is 18.2 Å². The lowest BCUT2D eigenvalue weighted by molar-refractivity contribution is 0.177. The number of nitrogens with one attached hydrogen (secondary N) is 2. The molecule has 0 heterocycles. The molecule has 0 radical (unpaired) electrons. The van der Waals surface area contributed by atoms with Crippen LogP contribution in [0.4, 0.5) is 4.79 Å². The van der Waals surface area contributed by atoms with Crippen LogP contribution in [0.25, 0.3) is 0 Å². The maximum absolute atomic E-state index is 12.3. The molecule has 0 aromatic heterocycles. The van der Waals surface area contributed by atoms with Crippen LogP contribution in [-0.4, -0.2) is 23.8 Å². The van der Waals surface area contributed by atoms with Gasteiger partial charge in [-0.3, -0.25) is 0 Å². The predicted octanol–water partition coefficient (Wildman–Crippen LogP) is 3.01. The van der Waals surface area contributed by atoms with Crippen LogP contribution in [0.1, 0.15) is 67.2 Å². The summed E-state index contributed by atoms with van der Waals surface area (Å²) in [7, 11) is 0. The van der Waals surface area contributed by atoms with Gasteiger partial charge < -0.3 is 15.7 Å². The van der Waals surface area contributed by atoms with Gasteiger partial charge in [-0.05, 0) is 73.5 Å². The highest BCUT2D eigenvalue weighted by atomic mass is 16.3. The Morgan fingerprint density at radius 2 is 2.13 bits per heavy atom. The molecule has 0 unspecified atom stereocenters. The molecule has 1 aromatic rings. The van der Waals surface area contributed by atoms with Crippen LogP contribution in [0.2, 0.25) is 0 Å². The maximum atomic E-state index is 12.3. The summed E-state index contributed by atoms with van der Waals surface area (Å²) in [5.74, 6) is 1.05. The number of aliphatic hydroxyl groups is 1. The molecule has 0 spiro atoms. The van der Waals surface area contributed by atoms with Gasteiger partial charge in [0.2, 0.25) is 0 Å². The van der Waals surface area contributed by atoms with Crippen LogP contribution in [0.15, 0.2) is 18.2 Å². The number of aryl methyl sites for hydroxylation is 1. The van der Waals surface area contributed by atoms with Crippen molar-refractivity contribution in [3.05, 3.63) is 34.9 Å². The Morgan fingerprint density at radius 3 is 2.96 bits per heavy atom. The Balaban J connectivity index is 1.37. The second kappa shape index (κ2) is 6.16. The first-order chi connectivity index (χ1) is 11.2. The minimum atomic E-state index is -0.174. The second-order valence-corrected chi connectivity index (χ2v) is 7.48. The first kappa shape index (κ1) is 15.0. The Kier molecular flexibility index (Phi) is 4.02. The Morgan fingerprint density at radius 1 is 1.22 bits per heavy atom. The first-order valence-electron chi connectivity index (χ1n) is 9.05. The molecule has 3 aliphatic carbocycles. The van der Waals surface area contributed by atoms with Gasteiger partial charge in [-0.15, -0.1) is 0 Å². The molecule has 4 atom stereocenters. The number of amides is 2. The van der Waals surface area contributed by atoms with Gasteiger partial charge in [0.05, 0.1) is 12.1 Å². The van der Waals surface area contributed by atoms with E-state index in [-0.39, 0.29) is 18.2 Å². The van der Waals surface area contributed by atoms with Gasteiger partial charge in [0.1, 0.15) is 0 Å². The molecule has 23 heavy (non-hydrogen) atoms. The highest BCUT2D eigenvalue weighted by molar-refractivity contribution is 5.74. The summed E-state index contributed by atoms with van der Waals surface area (Å²) in [4.78, 5) is 12.3. The van der Waals surface area contributed by atoms with Crippen LogP contribution in [0, 0.1) is 5.92 Å². The minimum Gasteiger partial charge on any atom is -0.393 e. The normalized spacial score (nSPS) is 31.7. The molecule has 2 amide bonds. The van der Waals surface area contributed by atoms with Crippen molar-refractivity contribution in [1.82, 2.24) is 10.6 Å². The fraction of sp³-hybridized carbons (Fsp3) is 0.632. The van der Waals surface area contributed by atoms with Crippen molar-refractivity contribution >= 4 is 6.03 Å². The average Bonchev–Trinajstić information content (AvgIpc) is 3.12. The summed E-state index contributed by atoms with van der Waals surface area (Å²) in [5.41, 5.74) is 4.34. The van der Waals surface area contributed by atoms with Gasteiger partial charge in [0.15, 0.2) is 0 Å². The molecular weight excluding hydrogens is 288 g/mol. The standard InChI is InChI=1S/C19H26N2O2/c22-15-8-7-12(9-15)11-20-19(23)21-17-10-14-5-1-3-13-4-2-6-16(17)18(13)14/h2,4,6,12,14-15,17,22H,1,3,5,7-11H2,(H2,20,21,23)/t12-,14+,15+,17-/m1/s1. The van der Waals surface area contributed by atoms with Crippen molar-refractivity contribution in [1.29, 1.82) is 0 Å². The Bertz CT molecular complexity index is 601. The average molecular weight is 314 g/mol. The zero-order valence-corrected chi connectivity index (χ0v) is 13.6. The van der Waals surface area contributed by atoms with Gasteiger partial charge >= 0.3 is 6.03 Å². The SMILES string of the molecule is O=C(NC[C@@H]1CC[C@H](O)C1)N[C@@H]1C[C@@H]2CCCc3cccc1c32. The highest BCUT2D eigenvalue weighted by Gasteiger charge is 2.35. The van der Waals surface area contributed by atoms with Crippen LogP contribution >= 0.6 is 0 Å². The third-order valence-electron chi connectivity index (χ3n) is 5.90. The van der Waals surface area contributed by atoms with Crippen LogP contribution in [0.3, 0.4) is 0 Å². The van der Waals surface area contributed by atoms with E-state index < -0.39 is 0 Å². The molecule has 1 fully saturated rings. The lowest BCUT2D eigenvalue weighted by Gasteiger charge is -2.20. The molecule has 0 aliphatic heterocycles. The summed E-state index contributed by atoms with van der Waals surface area (Å²) in [6.45, 7) is 0.673. The molecule has 3 aliphatic rings. The highest BCUT2D eigenvalue weighted by Crippen LogP contribution is 2.47. The van der Waals surface area contributed by atoms with E-state index in [1.165, 1.54) is 36.0 Å². The zero-order valence-electron chi connectivity index (χ0n) is 13.6. The topological polar surface area (TPSA) is 61.4 Å². The van der Waals surface area contributed by atoms with E-state index in [0.29, 0.717) is 18.4 Å². The summed E-state index contributed by atoms with van der Waals surface area (Å²) in [6.07, 6.45) is 7.27. The van der Waals surface area contributed by atoms with Crippen molar-refractivity contribution in [3.63, 3.8) is 0 Å². The molecule has 1 saturated carbocycles. The lowest BCUT2D eigenvalue weighted by atomic mass is 9.84. The summed E-state index contributed by atoms with van der Waals surface area (Å²) in [5, 5.41) is 15.7. The summed E-state index contributed by atoms with van der Waals surface area (Å²) in [6, 6.07) is 6.66. The summed E-state index contributed by atoms with van der Waals surface area (Å²) < 4.78 is 0. The van der Waals surface area contributed by atoms with Gasteiger partial charge in [-0.2, -0.15) is 0 Å². The number of carbonyl (C=O) groups excluding carboxylic acids is 1. The molecular formula is C19H26N2O2. The number of benzene rings is 1. The molecule has 124 valence electrons. The number of hydrogen-bond donors (Lipinski definition) is 3. The van der Waals surface area contributed by atoms with Crippen molar-refractivity contribution in [2.45, 2.75) is 63.0 Å². The fourth-order valence-corrected chi connectivity index (χ4v) is 4.80. The number of hydrogen-bond acceptors (Lipinski definition) is 2. The van der Waals surface area contributed by atoms with E-state index in [1.807, 2.05) is 0 Å². The molecule has 4 nitrogen and oxygen atoms in total. The monoisotopic (exact) mass is 314 g/mol. The molecule has 0 bridgehead atoms. The molecule has 4 heteroatoms. The van der Waals surface area contributed by atoms with E-state index in [4.69, 9.17) is 0 Å². The van der Waals surface area contributed by atoms with Gasteiger partial charge in [-0.25, -0.2) is 4.79 Å². The largest absolute Gasteiger partial charge is 0.393 e. The number of aliphatic hydroxyl groups excluding tert-OH is 1. The smallest absolute Gasteiger partial charge is 0.315 e. The minimum absolute atomic E-state index is 0.0624. The number of rotatable bonds is 3. The van der Waals surface area contributed by atoms with Crippen molar-refractivity contribution < 1.29 is 9.90 Å². The van der Waals surface area contributed by atoms with Crippen molar-refractivity contribution in [3.8, 4) is 0 Å². The van der Waals surface area contributed by atoms with E-state index in [2.05, 4.69) is 28.8 Å². The maximum Gasteiger partial charge on any atom is 0.315 e. The van der Waals surface area contributed by atoms with E-state index >= 15 is 0 Å². The van der Waals surface area contributed by atoms with Gasteiger partial charge in [0.25, 0.3) is 0 Å². The van der Waals surface area contributed by atoms with E-state index in [1.54, 1.807) is 0 Å². The third-order valence-corrected chi connectivity index (χ3v) is 5.90. The van der Waals surface area contributed by atoms with E-state index in [0.717, 1.165) is 25.7 Å². The number of carbonyl (C=O) groups is 1. The molecule has 3 N–H and O–H groups in total. The Hall–Kier alpha value is -1.55. The van der Waals surface area contributed by atoms with Crippen molar-refractivity contribution in [2.24, 2.45) is 5.92 Å². The Labute approximate surface area is 137 Å². The summed E-state index contributed by atoms with van der Waals surface area (Å²) >= 11 is 0. The van der Waals surface area contributed by atoms with E-state index in [9.17, 15) is 9.90 Å². The molecule has 0 saturated heterocycles. The molecule has 4 rings (SSSR count). The second-order valence-electron chi connectivity index (χ2n) is 7.48. The zero-order chi connectivity index (χ0) is 15.8. The van der Waals surface area contributed by atoms with Crippen LogP contribution in [0.5, 0.6) is 0 Å². The predicted molar refractivity (Wildman–Crippen MR) is 89.4 cm³/mol. The fourth-order valence-electron chi connectivity index (χ4n) is 4.80. The first-order valence-corrected chi connectivity index (χ1v) is 9.05. The van der Waals surface area contributed by atoms with Gasteiger partial charge in [0, 0.05) is 6.54 Å². The van der Waals surface area contributed by atoms with Crippen molar-refractivity contribution in [2.75, 3.05) is 6.54 Å². The molecule has 1 aromatic carbocycles. The van der Waals surface area contributed by atoms with Crippen LogP contribution in [-0.2, 0) is 6.42 Å². The quantitative estimate of drug-likeness (QED) is 0.803. The van der Waals surface area contributed by atoms with Crippen LogP contribution < -0.4 is 10.6 Å². The lowest BCUT2D eigenvalue weighted by Crippen LogP contribution is -2.39. The number of urea groups is 1.